The molecule has 0 radical (unpaired) electrons. The third kappa shape index (κ3) is 3.60. The minimum atomic E-state index is -0.612. The van der Waals surface area contributed by atoms with E-state index in [1.165, 1.54) is 25.3 Å². The average molecular weight is 362 g/mol. The van der Waals surface area contributed by atoms with Gasteiger partial charge in [0.05, 0.1) is 17.8 Å². The Morgan fingerprint density at radius 3 is 2.78 bits per heavy atom. The van der Waals surface area contributed by atoms with Crippen molar-refractivity contribution in [3.05, 3.63) is 87.2 Å². The first-order valence-electron chi connectivity index (χ1n) is 8.07. The molecule has 27 heavy (non-hydrogen) atoms. The van der Waals surface area contributed by atoms with Crippen LogP contribution in [-0.4, -0.2) is 20.9 Å². The third-order valence-electron chi connectivity index (χ3n) is 4.10. The normalized spacial score (nSPS) is 10.9. The molecule has 2 heterocycles. The van der Waals surface area contributed by atoms with E-state index in [9.17, 15) is 19.6 Å². The van der Waals surface area contributed by atoms with E-state index in [-0.39, 0.29) is 34.8 Å². The highest BCUT2D eigenvalue weighted by Gasteiger charge is 2.18. The van der Waals surface area contributed by atoms with Crippen LogP contribution in [-0.2, 0) is 6.54 Å². The van der Waals surface area contributed by atoms with Gasteiger partial charge in [-0.05, 0) is 36.2 Å². The summed E-state index contributed by atoms with van der Waals surface area (Å²) in [6.07, 6.45) is 4.41. The summed E-state index contributed by atoms with van der Waals surface area (Å²) in [5, 5.41) is 20.0. The van der Waals surface area contributed by atoms with Crippen LogP contribution in [0.2, 0.25) is 0 Å². The number of halogens is 1. The van der Waals surface area contributed by atoms with Crippen molar-refractivity contribution in [2.24, 2.45) is 4.99 Å². The van der Waals surface area contributed by atoms with Gasteiger partial charge in [-0.25, -0.2) is 4.39 Å². The Hall–Kier alpha value is -3.79. The molecule has 0 unspecified atom stereocenters. The lowest BCUT2D eigenvalue weighted by Gasteiger charge is -2.14. The number of hydrogen-bond acceptors (Lipinski definition) is 5. The molecule has 1 aromatic carbocycles. The van der Waals surface area contributed by atoms with Crippen molar-refractivity contribution >= 4 is 11.9 Å². The van der Waals surface area contributed by atoms with Crippen molar-refractivity contribution in [3.8, 4) is 11.9 Å². The Bertz CT molecular complexity index is 1120. The molecule has 0 atom stereocenters. The number of aliphatic imine (C=N–C) groups is 1. The van der Waals surface area contributed by atoms with Gasteiger partial charge < -0.3 is 5.11 Å². The lowest BCUT2D eigenvalue weighted by Crippen LogP contribution is -2.26. The fourth-order valence-corrected chi connectivity index (χ4v) is 2.64. The predicted molar refractivity (Wildman–Crippen MR) is 98.8 cm³/mol. The third-order valence-corrected chi connectivity index (χ3v) is 4.10. The van der Waals surface area contributed by atoms with Gasteiger partial charge in [0.15, 0.2) is 0 Å². The molecule has 0 aliphatic carbocycles. The summed E-state index contributed by atoms with van der Waals surface area (Å²) >= 11 is 0. The van der Waals surface area contributed by atoms with Gasteiger partial charge >= 0.3 is 0 Å². The smallest absolute Gasteiger partial charge is 0.271 e. The molecule has 0 aliphatic rings. The summed E-state index contributed by atoms with van der Waals surface area (Å²) in [6.45, 7) is 1.57. The SMILES string of the molecule is Cc1c(C=Nc2ccccc2F)c(O)n(Cc2cccnc2)c(=O)c1C#N. The minimum absolute atomic E-state index is 0.0357. The quantitative estimate of drug-likeness (QED) is 0.722. The second kappa shape index (κ2) is 7.62. The summed E-state index contributed by atoms with van der Waals surface area (Å²) in [5.74, 6) is -0.865. The number of pyridine rings is 2. The number of aromatic nitrogens is 2. The number of nitriles is 1. The molecular formula is C20H15FN4O2. The molecular weight excluding hydrogens is 347 g/mol. The zero-order valence-electron chi connectivity index (χ0n) is 14.4. The molecule has 0 aliphatic heterocycles. The molecule has 0 amide bonds. The molecule has 0 saturated heterocycles. The number of benzene rings is 1. The summed E-state index contributed by atoms with van der Waals surface area (Å²) < 4.78 is 14.9. The van der Waals surface area contributed by atoms with E-state index in [1.807, 2.05) is 6.07 Å². The number of rotatable bonds is 4. The van der Waals surface area contributed by atoms with Crippen LogP contribution in [0.1, 0.15) is 22.3 Å². The lowest BCUT2D eigenvalue weighted by atomic mass is 10.1. The summed E-state index contributed by atoms with van der Waals surface area (Å²) in [4.78, 5) is 20.6. The molecule has 3 aromatic rings. The number of aromatic hydroxyl groups is 1. The number of hydrogen-bond donors (Lipinski definition) is 1. The first-order valence-corrected chi connectivity index (χ1v) is 8.07. The number of para-hydroxylation sites is 1. The molecule has 2 aromatic heterocycles. The van der Waals surface area contributed by atoms with Gasteiger partial charge in [-0.3, -0.25) is 19.3 Å². The highest BCUT2D eigenvalue weighted by molar-refractivity contribution is 5.87. The van der Waals surface area contributed by atoms with Crippen LogP contribution in [0.5, 0.6) is 5.88 Å². The van der Waals surface area contributed by atoms with E-state index in [1.54, 1.807) is 36.7 Å². The van der Waals surface area contributed by atoms with Gasteiger partial charge in [0.2, 0.25) is 5.88 Å². The van der Waals surface area contributed by atoms with Gasteiger partial charge in [0, 0.05) is 18.6 Å². The Balaban J connectivity index is 2.14. The molecule has 0 saturated carbocycles. The summed E-state index contributed by atoms with van der Waals surface area (Å²) in [5.41, 5.74) is 0.506. The van der Waals surface area contributed by atoms with Gasteiger partial charge in [0.25, 0.3) is 5.56 Å². The fraction of sp³-hybridized carbons (Fsp3) is 0.100. The standard InChI is InChI=1S/C20H15FN4O2/c1-13-15(9-22)19(26)25(12-14-5-4-8-23-10-14)20(27)16(13)11-24-18-7-3-2-6-17(18)21/h2-8,10-11,27H,12H2,1H3. The van der Waals surface area contributed by atoms with Crippen molar-refractivity contribution in [2.75, 3.05) is 0 Å². The van der Waals surface area contributed by atoms with Crippen molar-refractivity contribution in [3.63, 3.8) is 0 Å². The van der Waals surface area contributed by atoms with Gasteiger partial charge in [-0.2, -0.15) is 5.26 Å². The highest BCUT2D eigenvalue weighted by Crippen LogP contribution is 2.23. The molecule has 7 heteroatoms. The van der Waals surface area contributed by atoms with Crippen molar-refractivity contribution in [2.45, 2.75) is 13.5 Å². The van der Waals surface area contributed by atoms with Crippen LogP contribution in [0.15, 0.2) is 58.6 Å². The molecule has 134 valence electrons. The first kappa shape index (κ1) is 18.0. The van der Waals surface area contributed by atoms with Crippen molar-refractivity contribution in [1.29, 1.82) is 5.26 Å². The van der Waals surface area contributed by atoms with Crippen LogP contribution in [0.3, 0.4) is 0 Å². The topological polar surface area (TPSA) is 91.3 Å². The van der Waals surface area contributed by atoms with Crippen LogP contribution in [0.25, 0.3) is 0 Å². The van der Waals surface area contributed by atoms with E-state index in [4.69, 9.17) is 0 Å². The molecule has 3 rings (SSSR count). The Labute approximate surface area is 154 Å². The van der Waals surface area contributed by atoms with Crippen LogP contribution in [0.4, 0.5) is 10.1 Å². The maximum absolute atomic E-state index is 13.8. The van der Waals surface area contributed by atoms with Crippen LogP contribution in [0, 0.1) is 24.1 Å². The fourth-order valence-electron chi connectivity index (χ4n) is 2.64. The minimum Gasteiger partial charge on any atom is -0.494 e. The second-order valence-electron chi connectivity index (χ2n) is 5.81. The maximum Gasteiger partial charge on any atom is 0.271 e. The van der Waals surface area contributed by atoms with E-state index in [0.29, 0.717) is 5.56 Å². The number of nitrogens with zero attached hydrogens (tertiary/aromatic N) is 4. The molecule has 0 spiro atoms. The molecule has 0 bridgehead atoms. The zero-order valence-corrected chi connectivity index (χ0v) is 14.4. The van der Waals surface area contributed by atoms with Crippen molar-refractivity contribution in [1.82, 2.24) is 9.55 Å². The van der Waals surface area contributed by atoms with Crippen LogP contribution < -0.4 is 5.56 Å². The maximum atomic E-state index is 13.8. The largest absolute Gasteiger partial charge is 0.494 e. The van der Waals surface area contributed by atoms with Gasteiger partial charge in [-0.15, -0.1) is 0 Å². The molecule has 0 fully saturated rings. The summed E-state index contributed by atoms with van der Waals surface area (Å²) in [6, 6.07) is 11.2. The Kier molecular flexibility index (Phi) is 5.08. The highest BCUT2D eigenvalue weighted by atomic mass is 19.1. The van der Waals surface area contributed by atoms with E-state index in [0.717, 1.165) is 4.57 Å². The van der Waals surface area contributed by atoms with E-state index >= 15 is 0 Å². The Morgan fingerprint density at radius 1 is 1.33 bits per heavy atom. The second-order valence-corrected chi connectivity index (χ2v) is 5.81. The predicted octanol–water partition coefficient (Wildman–Crippen LogP) is 3.07. The lowest BCUT2D eigenvalue weighted by molar-refractivity contribution is 0.413. The monoisotopic (exact) mass is 362 g/mol. The van der Waals surface area contributed by atoms with Gasteiger partial charge in [0.1, 0.15) is 17.4 Å². The zero-order chi connectivity index (χ0) is 19.4. The van der Waals surface area contributed by atoms with E-state index < -0.39 is 11.4 Å². The summed E-state index contributed by atoms with van der Waals surface area (Å²) in [7, 11) is 0. The molecule has 1 N–H and O–H groups in total. The van der Waals surface area contributed by atoms with Crippen LogP contribution >= 0.6 is 0 Å². The molecule has 6 nitrogen and oxygen atoms in total. The van der Waals surface area contributed by atoms with Crippen molar-refractivity contribution < 1.29 is 9.50 Å². The Morgan fingerprint density at radius 2 is 2.11 bits per heavy atom. The van der Waals surface area contributed by atoms with E-state index in [2.05, 4.69) is 9.98 Å². The average Bonchev–Trinajstić information content (AvgIpc) is 2.67. The first-order chi connectivity index (χ1) is 13.0. The van der Waals surface area contributed by atoms with Gasteiger partial charge in [-0.1, -0.05) is 18.2 Å².